The number of nitrogens with one attached hydrogen (secondary N) is 2. The third kappa shape index (κ3) is 3.44. The van der Waals surface area contributed by atoms with Crippen molar-refractivity contribution in [2.45, 2.75) is 25.7 Å². The fourth-order valence-corrected chi connectivity index (χ4v) is 2.55. The maximum Gasteiger partial charge on any atom is 0.139 e. The number of halogens is 1. The summed E-state index contributed by atoms with van der Waals surface area (Å²) in [7, 11) is 0. The van der Waals surface area contributed by atoms with Crippen LogP contribution in [0, 0.1) is 11.8 Å². The average Bonchev–Trinajstić information content (AvgIpc) is 2.30. The lowest BCUT2D eigenvalue weighted by atomic mass is 9.82. The van der Waals surface area contributed by atoms with Gasteiger partial charge < -0.3 is 10.6 Å². The Bertz CT molecular complexity index is 179. The van der Waals surface area contributed by atoms with Crippen molar-refractivity contribution in [1.29, 1.82) is 0 Å². The molecule has 0 aromatic carbocycles. The van der Waals surface area contributed by atoms with Crippen LogP contribution in [0.1, 0.15) is 25.7 Å². The van der Waals surface area contributed by atoms with E-state index < -0.39 is 0 Å². The van der Waals surface area contributed by atoms with Gasteiger partial charge in [0.15, 0.2) is 0 Å². The van der Waals surface area contributed by atoms with Crippen LogP contribution in [0.5, 0.6) is 0 Å². The molecule has 2 aliphatic rings. The van der Waals surface area contributed by atoms with Gasteiger partial charge in [-0.2, -0.15) is 0 Å². The number of piperidine rings is 2. The van der Waals surface area contributed by atoms with Gasteiger partial charge in [0.1, 0.15) is 5.78 Å². The van der Waals surface area contributed by atoms with Gasteiger partial charge in [-0.05, 0) is 51.9 Å². The fraction of sp³-hybridized carbons (Fsp3) is 0.909. The highest BCUT2D eigenvalue weighted by molar-refractivity contribution is 5.85. The van der Waals surface area contributed by atoms with Crippen molar-refractivity contribution >= 4 is 18.2 Å². The van der Waals surface area contributed by atoms with Gasteiger partial charge in [0, 0.05) is 11.8 Å². The number of hydrogen-bond acceptors (Lipinski definition) is 3. The Morgan fingerprint density at radius 1 is 0.800 bits per heavy atom. The summed E-state index contributed by atoms with van der Waals surface area (Å²) in [6.45, 7) is 4.12. The fourth-order valence-electron chi connectivity index (χ4n) is 2.55. The average molecular weight is 233 g/mol. The lowest BCUT2D eigenvalue weighted by molar-refractivity contribution is -0.128. The molecule has 0 saturated carbocycles. The van der Waals surface area contributed by atoms with Gasteiger partial charge in [0.05, 0.1) is 0 Å². The van der Waals surface area contributed by atoms with Crippen molar-refractivity contribution in [1.82, 2.24) is 10.6 Å². The standard InChI is InChI=1S/C11H20N2O.ClH/c14-11(9-1-5-12-6-2-9)10-3-7-13-8-4-10;/h9-10,12-13H,1-8H2;1H. The van der Waals surface area contributed by atoms with Crippen molar-refractivity contribution < 1.29 is 4.79 Å². The molecule has 0 bridgehead atoms. The van der Waals surface area contributed by atoms with E-state index in [0.717, 1.165) is 51.9 Å². The zero-order chi connectivity index (χ0) is 9.80. The lowest BCUT2D eigenvalue weighted by Crippen LogP contribution is -2.38. The van der Waals surface area contributed by atoms with Crippen LogP contribution in [0.15, 0.2) is 0 Å². The molecule has 0 aromatic heterocycles. The Kier molecular flexibility index (Phi) is 5.58. The maximum absolute atomic E-state index is 12.1. The topological polar surface area (TPSA) is 41.1 Å². The molecule has 88 valence electrons. The monoisotopic (exact) mass is 232 g/mol. The molecule has 0 amide bonds. The number of carbonyl (C=O) groups excluding carboxylic acids is 1. The highest BCUT2D eigenvalue weighted by Gasteiger charge is 2.28. The number of ketones is 1. The van der Waals surface area contributed by atoms with Gasteiger partial charge in [-0.1, -0.05) is 0 Å². The molecule has 0 atom stereocenters. The molecule has 2 heterocycles. The van der Waals surface area contributed by atoms with Crippen LogP contribution in [0.3, 0.4) is 0 Å². The summed E-state index contributed by atoms with van der Waals surface area (Å²) in [5, 5.41) is 6.62. The minimum atomic E-state index is 0. The first-order valence-electron chi connectivity index (χ1n) is 5.83. The van der Waals surface area contributed by atoms with E-state index in [0.29, 0.717) is 17.6 Å². The molecule has 0 aliphatic carbocycles. The van der Waals surface area contributed by atoms with Crippen molar-refractivity contribution in [3.8, 4) is 0 Å². The second-order valence-electron chi connectivity index (χ2n) is 4.45. The van der Waals surface area contributed by atoms with Crippen LogP contribution < -0.4 is 10.6 Å². The third-order valence-corrected chi connectivity index (χ3v) is 3.48. The normalized spacial score (nSPS) is 24.5. The highest BCUT2D eigenvalue weighted by atomic mass is 35.5. The van der Waals surface area contributed by atoms with E-state index in [9.17, 15) is 4.79 Å². The van der Waals surface area contributed by atoms with E-state index in [2.05, 4.69) is 10.6 Å². The summed E-state index contributed by atoms with van der Waals surface area (Å²) in [4.78, 5) is 12.1. The summed E-state index contributed by atoms with van der Waals surface area (Å²) in [6, 6.07) is 0. The Hall–Kier alpha value is -0.120. The van der Waals surface area contributed by atoms with E-state index in [4.69, 9.17) is 0 Å². The van der Waals surface area contributed by atoms with Crippen LogP contribution in [-0.2, 0) is 4.79 Å². The molecular weight excluding hydrogens is 212 g/mol. The van der Waals surface area contributed by atoms with Crippen LogP contribution in [0.25, 0.3) is 0 Å². The van der Waals surface area contributed by atoms with Crippen molar-refractivity contribution in [2.24, 2.45) is 11.8 Å². The van der Waals surface area contributed by atoms with Gasteiger partial charge in [0.2, 0.25) is 0 Å². The second kappa shape index (κ2) is 6.46. The summed E-state index contributed by atoms with van der Waals surface area (Å²) < 4.78 is 0. The zero-order valence-corrected chi connectivity index (χ0v) is 9.94. The summed E-state index contributed by atoms with van der Waals surface area (Å²) in [6.07, 6.45) is 4.23. The smallest absolute Gasteiger partial charge is 0.139 e. The lowest BCUT2D eigenvalue weighted by Gasteiger charge is -2.28. The van der Waals surface area contributed by atoms with Gasteiger partial charge in [-0.25, -0.2) is 0 Å². The number of rotatable bonds is 2. The molecule has 0 unspecified atom stereocenters. The van der Waals surface area contributed by atoms with E-state index in [1.807, 2.05) is 0 Å². The molecule has 2 rings (SSSR count). The van der Waals surface area contributed by atoms with Gasteiger partial charge in [-0.3, -0.25) is 4.79 Å². The quantitative estimate of drug-likeness (QED) is 0.746. The number of carbonyl (C=O) groups is 1. The summed E-state index contributed by atoms with van der Waals surface area (Å²) >= 11 is 0. The van der Waals surface area contributed by atoms with Crippen LogP contribution in [0.2, 0.25) is 0 Å². The first-order chi connectivity index (χ1) is 6.88. The minimum Gasteiger partial charge on any atom is -0.317 e. The number of hydrogen-bond donors (Lipinski definition) is 2. The predicted octanol–water partition coefficient (Wildman–Crippen LogP) is 0.976. The minimum absolute atomic E-state index is 0. The Labute approximate surface area is 97.8 Å². The van der Waals surface area contributed by atoms with Gasteiger partial charge in [0.25, 0.3) is 0 Å². The van der Waals surface area contributed by atoms with E-state index in [1.165, 1.54) is 0 Å². The Balaban J connectivity index is 0.00000112. The maximum atomic E-state index is 12.1. The molecule has 0 radical (unpaired) electrons. The largest absolute Gasteiger partial charge is 0.317 e. The molecule has 15 heavy (non-hydrogen) atoms. The predicted molar refractivity (Wildman–Crippen MR) is 63.4 cm³/mol. The first kappa shape index (κ1) is 12.9. The molecule has 2 fully saturated rings. The zero-order valence-electron chi connectivity index (χ0n) is 9.13. The van der Waals surface area contributed by atoms with E-state index in [1.54, 1.807) is 0 Å². The molecule has 3 nitrogen and oxygen atoms in total. The second-order valence-corrected chi connectivity index (χ2v) is 4.45. The summed E-state index contributed by atoms with van der Waals surface area (Å²) in [5.74, 6) is 1.27. The molecule has 0 spiro atoms. The van der Waals surface area contributed by atoms with Crippen LogP contribution >= 0.6 is 12.4 Å². The van der Waals surface area contributed by atoms with Crippen molar-refractivity contribution in [3.63, 3.8) is 0 Å². The molecular formula is C11H21ClN2O. The van der Waals surface area contributed by atoms with E-state index >= 15 is 0 Å². The molecule has 2 N–H and O–H groups in total. The van der Waals surface area contributed by atoms with Crippen LogP contribution in [-0.4, -0.2) is 32.0 Å². The Morgan fingerprint density at radius 3 is 1.47 bits per heavy atom. The molecule has 2 saturated heterocycles. The van der Waals surface area contributed by atoms with Crippen LogP contribution in [0.4, 0.5) is 0 Å². The Morgan fingerprint density at radius 2 is 1.13 bits per heavy atom. The highest BCUT2D eigenvalue weighted by Crippen LogP contribution is 2.22. The molecule has 2 aliphatic heterocycles. The molecule has 4 heteroatoms. The number of Topliss-reactive ketones (excluding diaryl/α,β-unsaturated/α-hetero) is 1. The first-order valence-corrected chi connectivity index (χ1v) is 5.83. The van der Waals surface area contributed by atoms with Crippen molar-refractivity contribution in [3.05, 3.63) is 0 Å². The third-order valence-electron chi connectivity index (χ3n) is 3.48. The van der Waals surface area contributed by atoms with Gasteiger partial charge >= 0.3 is 0 Å². The van der Waals surface area contributed by atoms with E-state index in [-0.39, 0.29) is 12.4 Å². The van der Waals surface area contributed by atoms with Crippen molar-refractivity contribution in [2.75, 3.05) is 26.2 Å². The SMILES string of the molecule is Cl.O=C(C1CCNCC1)C1CCNCC1. The summed E-state index contributed by atoms with van der Waals surface area (Å²) in [5.41, 5.74) is 0. The van der Waals surface area contributed by atoms with Gasteiger partial charge in [-0.15, -0.1) is 12.4 Å². The molecule has 0 aromatic rings.